The van der Waals surface area contributed by atoms with Crippen molar-refractivity contribution in [1.29, 1.82) is 0 Å². The number of piperidine rings is 1. The second-order valence-corrected chi connectivity index (χ2v) is 7.24. The van der Waals surface area contributed by atoms with Crippen LogP contribution in [0.2, 0.25) is 0 Å². The van der Waals surface area contributed by atoms with Crippen molar-refractivity contribution in [1.82, 2.24) is 10.2 Å². The Morgan fingerprint density at radius 2 is 2.00 bits per heavy atom. The Kier molecular flexibility index (Phi) is 4.75. The first kappa shape index (κ1) is 18.4. The lowest BCUT2D eigenvalue weighted by Gasteiger charge is -2.46. The number of carbonyl (C=O) groups is 2. The molecule has 0 unspecified atom stereocenters. The number of benzene rings is 2. The highest BCUT2D eigenvalue weighted by molar-refractivity contribution is 6.04. The Balaban J connectivity index is 1.55. The molecule has 0 aromatic heterocycles. The van der Waals surface area contributed by atoms with Gasteiger partial charge in [-0.15, -0.1) is 0 Å². The van der Waals surface area contributed by atoms with Gasteiger partial charge in [0.25, 0.3) is 11.8 Å². The standard InChI is InChI=1S/C21H21F2N3O2/c1-25-18-11-13(20(27)24-12-14-10-15(22)6-8-17(14)23)5-7-16(18)21(28)26-9-3-2-4-19(25)26/h5-8,10-11,19H,2-4,9,12H2,1H3,(H,24,27)/t19-/m0/s1. The van der Waals surface area contributed by atoms with E-state index >= 15 is 0 Å². The minimum atomic E-state index is -0.574. The lowest BCUT2D eigenvalue weighted by molar-refractivity contribution is 0.0589. The molecule has 2 aliphatic heterocycles. The van der Waals surface area contributed by atoms with E-state index in [-0.39, 0.29) is 24.2 Å². The molecule has 1 saturated heterocycles. The molecule has 2 aromatic rings. The zero-order valence-corrected chi connectivity index (χ0v) is 15.5. The molecule has 0 saturated carbocycles. The van der Waals surface area contributed by atoms with E-state index in [2.05, 4.69) is 5.32 Å². The average Bonchev–Trinajstić information content (AvgIpc) is 2.72. The molecule has 0 radical (unpaired) electrons. The van der Waals surface area contributed by atoms with E-state index in [0.717, 1.165) is 49.7 Å². The SMILES string of the molecule is CN1c2cc(C(=O)NCc3cc(F)ccc3F)ccc2C(=O)N2CCCC[C@H]21. The molecule has 28 heavy (non-hydrogen) atoms. The minimum absolute atomic E-state index is 0.00779. The molecule has 7 heteroatoms. The van der Waals surface area contributed by atoms with Crippen LogP contribution in [0.5, 0.6) is 0 Å². The first-order valence-electron chi connectivity index (χ1n) is 9.35. The normalized spacial score (nSPS) is 18.5. The van der Waals surface area contributed by atoms with Crippen molar-refractivity contribution in [3.05, 3.63) is 64.7 Å². The van der Waals surface area contributed by atoms with Crippen LogP contribution in [0, 0.1) is 11.6 Å². The average molecular weight is 385 g/mol. The van der Waals surface area contributed by atoms with Crippen molar-refractivity contribution >= 4 is 17.5 Å². The molecule has 0 spiro atoms. The third-order valence-electron chi connectivity index (χ3n) is 5.50. The van der Waals surface area contributed by atoms with E-state index in [4.69, 9.17) is 0 Å². The van der Waals surface area contributed by atoms with Crippen molar-refractivity contribution in [3.63, 3.8) is 0 Å². The van der Waals surface area contributed by atoms with Crippen molar-refractivity contribution in [2.75, 3.05) is 18.5 Å². The van der Waals surface area contributed by atoms with Crippen LogP contribution in [0.1, 0.15) is 45.5 Å². The second kappa shape index (κ2) is 7.22. The highest BCUT2D eigenvalue weighted by atomic mass is 19.1. The van der Waals surface area contributed by atoms with Gasteiger partial charge in [0.2, 0.25) is 0 Å². The van der Waals surface area contributed by atoms with Gasteiger partial charge in [0.05, 0.1) is 11.3 Å². The number of carbonyl (C=O) groups excluding carboxylic acids is 2. The molecule has 1 N–H and O–H groups in total. The molecule has 1 atom stereocenters. The number of hydrogen-bond donors (Lipinski definition) is 1. The number of fused-ring (bicyclic) bond motifs is 2. The van der Waals surface area contributed by atoms with Gasteiger partial charge in [-0.3, -0.25) is 9.59 Å². The van der Waals surface area contributed by atoms with Crippen molar-refractivity contribution in [3.8, 4) is 0 Å². The Labute approximate surface area is 161 Å². The van der Waals surface area contributed by atoms with Gasteiger partial charge in [0.1, 0.15) is 17.8 Å². The van der Waals surface area contributed by atoms with E-state index < -0.39 is 17.5 Å². The monoisotopic (exact) mass is 385 g/mol. The quantitative estimate of drug-likeness (QED) is 0.882. The Hall–Kier alpha value is -2.96. The number of halogens is 2. The maximum Gasteiger partial charge on any atom is 0.257 e. The van der Waals surface area contributed by atoms with Crippen molar-refractivity contribution < 1.29 is 18.4 Å². The van der Waals surface area contributed by atoms with E-state index in [0.29, 0.717) is 11.1 Å². The lowest BCUT2D eigenvalue weighted by atomic mass is 9.97. The van der Waals surface area contributed by atoms with Crippen molar-refractivity contribution in [2.45, 2.75) is 32.0 Å². The summed E-state index contributed by atoms with van der Waals surface area (Å²) in [5.41, 5.74) is 1.75. The summed E-state index contributed by atoms with van der Waals surface area (Å²) in [5.74, 6) is -1.54. The Bertz CT molecular complexity index is 947. The zero-order valence-electron chi connectivity index (χ0n) is 15.5. The minimum Gasteiger partial charge on any atom is -0.354 e. The smallest absolute Gasteiger partial charge is 0.257 e. The largest absolute Gasteiger partial charge is 0.354 e. The van der Waals surface area contributed by atoms with E-state index in [1.807, 2.05) is 16.8 Å². The summed E-state index contributed by atoms with van der Waals surface area (Å²) in [7, 11) is 1.93. The fraction of sp³-hybridized carbons (Fsp3) is 0.333. The number of nitrogens with one attached hydrogen (secondary N) is 1. The first-order chi connectivity index (χ1) is 13.5. The van der Waals surface area contributed by atoms with Crippen LogP contribution >= 0.6 is 0 Å². The highest BCUT2D eigenvalue weighted by Crippen LogP contribution is 2.34. The lowest BCUT2D eigenvalue weighted by Crippen LogP contribution is -2.55. The summed E-state index contributed by atoms with van der Waals surface area (Å²) >= 11 is 0. The second-order valence-electron chi connectivity index (χ2n) is 7.24. The summed E-state index contributed by atoms with van der Waals surface area (Å²) < 4.78 is 27.0. The van der Waals surface area contributed by atoms with Gasteiger partial charge in [-0.1, -0.05) is 0 Å². The van der Waals surface area contributed by atoms with Crippen LogP contribution in [0.15, 0.2) is 36.4 Å². The fourth-order valence-electron chi connectivity index (χ4n) is 3.97. The first-order valence-corrected chi connectivity index (χ1v) is 9.35. The number of nitrogens with zero attached hydrogens (tertiary/aromatic N) is 2. The number of anilines is 1. The summed E-state index contributed by atoms with van der Waals surface area (Å²) in [5, 5.41) is 2.61. The predicted octanol–water partition coefficient (Wildman–Crippen LogP) is 3.30. The molecule has 0 aliphatic carbocycles. The summed E-state index contributed by atoms with van der Waals surface area (Å²) in [6, 6.07) is 8.07. The maximum atomic E-state index is 13.7. The van der Waals surface area contributed by atoms with Gasteiger partial charge < -0.3 is 15.1 Å². The van der Waals surface area contributed by atoms with Gasteiger partial charge in [-0.2, -0.15) is 0 Å². The summed E-state index contributed by atoms with van der Waals surface area (Å²) in [6.07, 6.45) is 2.97. The Morgan fingerprint density at radius 1 is 1.18 bits per heavy atom. The molecular weight excluding hydrogens is 364 g/mol. The van der Waals surface area contributed by atoms with Crippen molar-refractivity contribution in [2.24, 2.45) is 0 Å². The third kappa shape index (κ3) is 3.21. The van der Waals surface area contributed by atoms with Gasteiger partial charge >= 0.3 is 0 Å². The summed E-state index contributed by atoms with van der Waals surface area (Å²) in [6.45, 7) is 0.624. The molecule has 2 aromatic carbocycles. The predicted molar refractivity (Wildman–Crippen MR) is 101 cm³/mol. The highest BCUT2D eigenvalue weighted by Gasteiger charge is 2.37. The maximum absolute atomic E-state index is 13.7. The van der Waals surface area contributed by atoms with Crippen LogP contribution in [-0.2, 0) is 6.54 Å². The molecule has 5 nitrogen and oxygen atoms in total. The van der Waals surface area contributed by atoms with E-state index in [1.54, 1.807) is 18.2 Å². The third-order valence-corrected chi connectivity index (χ3v) is 5.50. The molecule has 146 valence electrons. The van der Waals surface area contributed by atoms with E-state index in [9.17, 15) is 18.4 Å². The zero-order chi connectivity index (χ0) is 19.8. The van der Waals surface area contributed by atoms with Crippen LogP contribution in [-0.4, -0.2) is 36.5 Å². The molecule has 2 heterocycles. The molecule has 2 aliphatic rings. The van der Waals surface area contributed by atoms with Gasteiger partial charge in [-0.25, -0.2) is 8.78 Å². The van der Waals surface area contributed by atoms with Gasteiger partial charge in [-0.05, 0) is 55.7 Å². The number of hydrogen-bond acceptors (Lipinski definition) is 3. The molecule has 0 bridgehead atoms. The molecular formula is C21H21F2N3O2. The van der Waals surface area contributed by atoms with Gasteiger partial charge in [0, 0.05) is 31.3 Å². The number of amides is 2. The fourth-order valence-corrected chi connectivity index (χ4v) is 3.97. The van der Waals surface area contributed by atoms with Crippen LogP contribution in [0.25, 0.3) is 0 Å². The van der Waals surface area contributed by atoms with E-state index in [1.165, 1.54) is 0 Å². The van der Waals surface area contributed by atoms with Crippen LogP contribution < -0.4 is 10.2 Å². The molecule has 4 rings (SSSR count). The molecule has 1 fully saturated rings. The van der Waals surface area contributed by atoms with Crippen LogP contribution in [0.3, 0.4) is 0 Å². The number of rotatable bonds is 3. The molecule has 2 amide bonds. The van der Waals surface area contributed by atoms with Crippen LogP contribution in [0.4, 0.5) is 14.5 Å². The summed E-state index contributed by atoms with van der Waals surface area (Å²) in [4.78, 5) is 29.2. The van der Waals surface area contributed by atoms with Gasteiger partial charge in [0.15, 0.2) is 0 Å². The topological polar surface area (TPSA) is 52.7 Å². The Morgan fingerprint density at radius 3 is 2.82 bits per heavy atom.